The van der Waals surface area contributed by atoms with E-state index in [1.807, 2.05) is 0 Å². The number of esters is 2. The van der Waals surface area contributed by atoms with Crippen LogP contribution in [0.4, 0.5) is 0 Å². The molecule has 0 saturated heterocycles. The first-order chi connectivity index (χ1) is 14.0. The zero-order valence-electron chi connectivity index (χ0n) is 19.4. The van der Waals surface area contributed by atoms with E-state index in [2.05, 4.69) is 11.7 Å². The van der Waals surface area contributed by atoms with E-state index in [0.717, 1.165) is 12.8 Å². The van der Waals surface area contributed by atoms with Crippen LogP contribution < -0.4 is 40.4 Å². The fourth-order valence-corrected chi connectivity index (χ4v) is 3.26. The monoisotopic (exact) mass is 435 g/mol. The van der Waals surface area contributed by atoms with Gasteiger partial charge in [-0.05, 0) is 12.8 Å². The zero-order chi connectivity index (χ0) is 21.7. The van der Waals surface area contributed by atoms with Crippen molar-refractivity contribution in [3.8, 4) is 0 Å². The molecule has 0 aromatic carbocycles. The Morgan fingerprint density at radius 3 is 1.47 bits per heavy atom. The summed E-state index contributed by atoms with van der Waals surface area (Å²) in [5, 5.41) is 10.4. The summed E-state index contributed by atoms with van der Waals surface area (Å²) >= 11 is 0. The van der Waals surface area contributed by atoms with E-state index in [0.29, 0.717) is 6.42 Å². The number of nitrogens with two attached hydrogens (primary N) is 1. The normalized spacial score (nSPS) is 11.5. The summed E-state index contributed by atoms with van der Waals surface area (Å²) < 4.78 is 4.65. The third-order valence-electron chi connectivity index (χ3n) is 5.17. The van der Waals surface area contributed by atoms with Crippen LogP contribution in [0.15, 0.2) is 0 Å². The number of carbonyl (C=O) groups is 3. The quantitative estimate of drug-likeness (QED) is 0.133. The number of carboxylic acid groups (broad SMARTS) is 1. The number of hydrogen-bond acceptors (Lipinski definition) is 6. The molecule has 6 nitrogen and oxygen atoms in total. The molecule has 170 valence electrons. The molecule has 0 fully saturated rings. The van der Waals surface area contributed by atoms with E-state index in [9.17, 15) is 19.5 Å². The Hall–Kier alpha value is -0.430. The Bertz CT molecular complexity index is 445. The molecule has 0 saturated carbocycles. The van der Waals surface area contributed by atoms with Crippen molar-refractivity contribution in [3.05, 3.63) is 0 Å². The number of unbranched alkanes of at least 4 members (excludes halogenated alkanes) is 14. The van der Waals surface area contributed by atoms with Gasteiger partial charge in [0.05, 0.1) is 5.97 Å². The number of aliphatic carboxylic acids is 1. The molecule has 0 aliphatic heterocycles. The van der Waals surface area contributed by atoms with E-state index in [1.165, 1.54) is 77.0 Å². The SMILES string of the molecule is CCCCCCCCCCCCCCCCCC(=O)OC(=O)CC[C@H](N)C(=O)[O-].[Na+]. The second-order valence-corrected chi connectivity index (χ2v) is 8.01. The molecule has 0 aromatic heterocycles. The molecular formula is C23H42NNaO5. The zero-order valence-corrected chi connectivity index (χ0v) is 21.4. The summed E-state index contributed by atoms with van der Waals surface area (Å²) in [6.07, 6.45) is 18.7. The number of carboxylic acids is 1. The molecule has 0 rings (SSSR count). The van der Waals surface area contributed by atoms with Gasteiger partial charge in [0, 0.05) is 18.9 Å². The molecule has 0 amide bonds. The summed E-state index contributed by atoms with van der Waals surface area (Å²) in [6, 6.07) is -1.21. The maximum absolute atomic E-state index is 11.6. The Morgan fingerprint density at radius 2 is 1.07 bits per heavy atom. The molecule has 0 bridgehead atoms. The van der Waals surface area contributed by atoms with Crippen molar-refractivity contribution >= 4 is 17.9 Å². The third kappa shape index (κ3) is 22.3. The topological polar surface area (TPSA) is 110 Å². The van der Waals surface area contributed by atoms with Crippen LogP contribution in [0.2, 0.25) is 0 Å². The Labute approximate surface area is 205 Å². The van der Waals surface area contributed by atoms with Crippen molar-refractivity contribution in [2.45, 2.75) is 129 Å². The molecular weight excluding hydrogens is 393 g/mol. The number of rotatable bonds is 20. The van der Waals surface area contributed by atoms with Gasteiger partial charge in [0.15, 0.2) is 0 Å². The van der Waals surface area contributed by atoms with Gasteiger partial charge >= 0.3 is 41.5 Å². The number of ether oxygens (including phenoxy) is 1. The fourth-order valence-electron chi connectivity index (χ4n) is 3.26. The van der Waals surface area contributed by atoms with Crippen molar-refractivity contribution < 1.29 is 53.8 Å². The maximum Gasteiger partial charge on any atom is 1.00 e. The first-order valence-electron chi connectivity index (χ1n) is 11.7. The summed E-state index contributed by atoms with van der Waals surface area (Å²) in [6.45, 7) is 2.25. The van der Waals surface area contributed by atoms with Crippen LogP contribution in [0.5, 0.6) is 0 Å². The van der Waals surface area contributed by atoms with E-state index >= 15 is 0 Å². The number of hydrogen-bond donors (Lipinski definition) is 1. The predicted octanol–water partition coefficient (Wildman–Crippen LogP) is 1.18. The van der Waals surface area contributed by atoms with Gasteiger partial charge in [-0.1, -0.05) is 96.8 Å². The van der Waals surface area contributed by atoms with Gasteiger partial charge in [-0.2, -0.15) is 0 Å². The molecule has 0 heterocycles. The van der Waals surface area contributed by atoms with Crippen LogP contribution in [-0.2, 0) is 19.1 Å². The smallest absolute Gasteiger partial charge is 0.548 e. The van der Waals surface area contributed by atoms with Crippen LogP contribution in [0.3, 0.4) is 0 Å². The fraction of sp³-hybridized carbons (Fsp3) is 0.870. The summed E-state index contributed by atoms with van der Waals surface area (Å²) in [5.41, 5.74) is 5.24. The van der Waals surface area contributed by atoms with Crippen LogP contribution in [0.25, 0.3) is 0 Å². The van der Waals surface area contributed by atoms with Crippen LogP contribution >= 0.6 is 0 Å². The van der Waals surface area contributed by atoms with Gasteiger partial charge in [0.25, 0.3) is 0 Å². The van der Waals surface area contributed by atoms with E-state index in [1.54, 1.807) is 0 Å². The second-order valence-electron chi connectivity index (χ2n) is 8.01. The van der Waals surface area contributed by atoms with Crippen molar-refractivity contribution in [3.63, 3.8) is 0 Å². The van der Waals surface area contributed by atoms with Crippen molar-refractivity contribution in [2.24, 2.45) is 5.73 Å². The maximum atomic E-state index is 11.6. The minimum Gasteiger partial charge on any atom is -0.548 e. The Morgan fingerprint density at radius 1 is 0.700 bits per heavy atom. The van der Waals surface area contributed by atoms with Crippen molar-refractivity contribution in [2.75, 3.05) is 0 Å². The minimum atomic E-state index is -1.41. The van der Waals surface area contributed by atoms with Crippen LogP contribution in [-0.4, -0.2) is 23.9 Å². The molecule has 30 heavy (non-hydrogen) atoms. The summed E-state index contributed by atoms with van der Waals surface area (Å²) in [5.74, 6) is -2.69. The molecule has 7 heteroatoms. The number of carbonyl (C=O) groups excluding carboxylic acids is 3. The van der Waals surface area contributed by atoms with Gasteiger partial charge in [-0.25, -0.2) is 0 Å². The minimum absolute atomic E-state index is 0. The molecule has 0 aromatic rings. The summed E-state index contributed by atoms with van der Waals surface area (Å²) in [7, 11) is 0. The largest absolute Gasteiger partial charge is 1.00 e. The third-order valence-corrected chi connectivity index (χ3v) is 5.17. The van der Waals surface area contributed by atoms with E-state index in [-0.39, 0.29) is 48.8 Å². The summed E-state index contributed by atoms with van der Waals surface area (Å²) in [4.78, 5) is 33.4. The van der Waals surface area contributed by atoms with Crippen LogP contribution in [0, 0.1) is 0 Å². The average Bonchev–Trinajstić information content (AvgIpc) is 2.68. The second kappa shape index (κ2) is 23.2. The Kier molecular flexibility index (Phi) is 24.6. The first-order valence-corrected chi connectivity index (χ1v) is 11.7. The molecule has 0 spiro atoms. The van der Waals surface area contributed by atoms with Gasteiger partial charge in [-0.3, -0.25) is 9.59 Å². The molecule has 0 aliphatic carbocycles. The molecule has 2 N–H and O–H groups in total. The van der Waals surface area contributed by atoms with Gasteiger partial charge in [-0.15, -0.1) is 0 Å². The molecule has 0 radical (unpaired) electrons. The van der Waals surface area contributed by atoms with Crippen LogP contribution in [0.1, 0.15) is 122 Å². The van der Waals surface area contributed by atoms with Crippen molar-refractivity contribution in [1.29, 1.82) is 0 Å². The average molecular weight is 436 g/mol. The molecule has 0 aliphatic rings. The first kappa shape index (κ1) is 31.8. The molecule has 1 atom stereocenters. The predicted molar refractivity (Wildman–Crippen MR) is 113 cm³/mol. The van der Waals surface area contributed by atoms with Gasteiger partial charge < -0.3 is 20.4 Å². The van der Waals surface area contributed by atoms with Gasteiger partial charge in [0.1, 0.15) is 0 Å². The van der Waals surface area contributed by atoms with Crippen molar-refractivity contribution in [1.82, 2.24) is 0 Å². The van der Waals surface area contributed by atoms with Gasteiger partial charge in [0.2, 0.25) is 0 Å². The Balaban J connectivity index is 0. The molecule has 0 unspecified atom stereocenters. The van der Waals surface area contributed by atoms with E-state index in [4.69, 9.17) is 5.73 Å². The van der Waals surface area contributed by atoms with E-state index < -0.39 is 23.9 Å². The standard InChI is InChI=1S/C23H43NO5.Na/c1-2-3-4-5-6-7-8-9-10-11-12-13-14-15-16-17-21(25)29-22(26)19-18-20(24)23(27)28;/h20H,2-19,24H2,1H3,(H,27,28);/q;+1/p-1/t20-;/m0./s1.